The molecule has 7 nitrogen and oxygen atoms in total. The lowest BCUT2D eigenvalue weighted by molar-refractivity contribution is 0.0637. The number of amides is 1. The Morgan fingerprint density at radius 1 is 1.10 bits per heavy atom. The fraction of sp³-hybridized carbons (Fsp3) is 0.667. The van der Waals surface area contributed by atoms with Crippen molar-refractivity contribution in [3.8, 4) is 5.75 Å². The van der Waals surface area contributed by atoms with Gasteiger partial charge in [0.2, 0.25) is 10.0 Å². The first-order chi connectivity index (χ1) is 13.9. The van der Waals surface area contributed by atoms with Crippen molar-refractivity contribution in [3.05, 3.63) is 23.8 Å². The Balaban J connectivity index is 1.91. The number of methoxy groups -OCH3 is 1. The molecule has 8 heteroatoms. The maximum absolute atomic E-state index is 13.2. The van der Waals surface area contributed by atoms with Gasteiger partial charge in [0.05, 0.1) is 29.7 Å². The molecular weight excluding hydrogens is 392 g/mol. The molecule has 2 aliphatic rings. The zero-order valence-electron chi connectivity index (χ0n) is 17.3. The molecule has 2 atom stereocenters. The predicted molar refractivity (Wildman–Crippen MR) is 111 cm³/mol. The first-order valence-electron chi connectivity index (χ1n) is 10.5. The van der Waals surface area contributed by atoms with Gasteiger partial charge in [-0.3, -0.25) is 4.79 Å². The second kappa shape index (κ2) is 9.45. The monoisotopic (exact) mass is 424 g/mol. The summed E-state index contributed by atoms with van der Waals surface area (Å²) in [6.45, 7) is 1.35. The van der Waals surface area contributed by atoms with E-state index in [0.29, 0.717) is 31.7 Å². The van der Waals surface area contributed by atoms with Gasteiger partial charge in [-0.15, -0.1) is 0 Å². The minimum Gasteiger partial charge on any atom is -0.496 e. The number of hydrogen-bond acceptors (Lipinski definition) is 5. The molecule has 29 heavy (non-hydrogen) atoms. The Morgan fingerprint density at radius 3 is 2.38 bits per heavy atom. The van der Waals surface area contributed by atoms with Crippen LogP contribution in [-0.2, 0) is 10.0 Å². The molecule has 1 saturated heterocycles. The average Bonchev–Trinajstić information content (AvgIpc) is 3.02. The van der Waals surface area contributed by atoms with Crippen LogP contribution in [0.4, 0.5) is 0 Å². The standard InChI is InChI=1S/C21H32N2O5S/c1-22(18-9-5-6-10-19(18)24)29(26,27)16-11-12-20(28-2)17(15-16)21(25)23-13-7-3-4-8-14-23/h11-12,15,18-19,24H,3-10,13-14H2,1-2H3/t18-,19+/m1/s1. The number of hydrogen-bond donors (Lipinski definition) is 1. The third-order valence-corrected chi connectivity index (χ3v) is 8.01. The van der Waals surface area contributed by atoms with Gasteiger partial charge in [-0.25, -0.2) is 8.42 Å². The van der Waals surface area contributed by atoms with Crippen molar-refractivity contribution in [2.24, 2.45) is 0 Å². The van der Waals surface area contributed by atoms with Crippen LogP contribution in [0.25, 0.3) is 0 Å². The minimum atomic E-state index is -3.84. The van der Waals surface area contributed by atoms with E-state index in [0.717, 1.165) is 38.5 Å². The number of aliphatic hydroxyl groups excluding tert-OH is 1. The van der Waals surface area contributed by atoms with Crippen molar-refractivity contribution in [1.29, 1.82) is 0 Å². The largest absolute Gasteiger partial charge is 0.496 e. The maximum atomic E-state index is 13.2. The number of carbonyl (C=O) groups excluding carboxylic acids is 1. The highest BCUT2D eigenvalue weighted by Crippen LogP contribution is 2.30. The maximum Gasteiger partial charge on any atom is 0.257 e. The average molecular weight is 425 g/mol. The lowest BCUT2D eigenvalue weighted by Crippen LogP contribution is -2.46. The Labute approximate surface area is 173 Å². The summed E-state index contributed by atoms with van der Waals surface area (Å²) in [6, 6.07) is 4.00. The molecule has 1 heterocycles. The van der Waals surface area contributed by atoms with Crippen LogP contribution in [-0.4, -0.2) is 68.0 Å². The molecule has 0 spiro atoms. The first-order valence-corrected chi connectivity index (χ1v) is 11.9. The number of carbonyl (C=O) groups is 1. The summed E-state index contributed by atoms with van der Waals surface area (Å²) in [4.78, 5) is 15.0. The number of nitrogens with zero attached hydrogens (tertiary/aromatic N) is 2. The molecule has 1 aromatic carbocycles. The number of sulfonamides is 1. The van der Waals surface area contributed by atoms with Crippen LogP contribution >= 0.6 is 0 Å². The summed E-state index contributed by atoms with van der Waals surface area (Å²) < 4.78 is 33.1. The van der Waals surface area contributed by atoms with Crippen LogP contribution < -0.4 is 4.74 Å². The minimum absolute atomic E-state index is 0.0525. The number of rotatable bonds is 5. The molecule has 1 N–H and O–H groups in total. The summed E-state index contributed by atoms with van der Waals surface area (Å²) in [5.41, 5.74) is 0.271. The lowest BCUT2D eigenvalue weighted by atomic mass is 9.93. The van der Waals surface area contributed by atoms with Gasteiger partial charge in [-0.2, -0.15) is 4.31 Å². The van der Waals surface area contributed by atoms with Gasteiger partial charge in [0, 0.05) is 20.1 Å². The quantitative estimate of drug-likeness (QED) is 0.785. The third kappa shape index (κ3) is 4.75. The van der Waals surface area contributed by atoms with Gasteiger partial charge in [0.1, 0.15) is 5.75 Å². The SMILES string of the molecule is COc1ccc(S(=O)(=O)N(C)[C@@H]2CCCC[C@@H]2O)cc1C(=O)N1CCCCCC1. The Kier molecular flexibility index (Phi) is 7.19. The van der Waals surface area contributed by atoms with Crippen LogP contribution in [0.1, 0.15) is 61.7 Å². The zero-order valence-corrected chi connectivity index (χ0v) is 18.2. The van der Waals surface area contributed by atoms with E-state index < -0.39 is 22.2 Å². The molecule has 0 unspecified atom stereocenters. The van der Waals surface area contributed by atoms with Gasteiger partial charge >= 0.3 is 0 Å². The van der Waals surface area contributed by atoms with E-state index in [9.17, 15) is 18.3 Å². The van der Waals surface area contributed by atoms with Crippen molar-refractivity contribution < 1.29 is 23.1 Å². The summed E-state index contributed by atoms with van der Waals surface area (Å²) in [5, 5.41) is 10.3. The summed E-state index contributed by atoms with van der Waals surface area (Å²) in [7, 11) is -0.855. The third-order valence-electron chi connectivity index (χ3n) is 6.13. The van der Waals surface area contributed by atoms with Crippen molar-refractivity contribution in [2.45, 2.75) is 68.4 Å². The summed E-state index contributed by atoms with van der Waals surface area (Å²) in [6.07, 6.45) is 6.47. The lowest BCUT2D eigenvalue weighted by Gasteiger charge is -2.34. The first kappa shape index (κ1) is 22.1. The molecule has 0 bridgehead atoms. The second-order valence-electron chi connectivity index (χ2n) is 8.01. The molecule has 0 radical (unpaired) electrons. The molecule has 1 aliphatic heterocycles. The highest BCUT2D eigenvalue weighted by Gasteiger charge is 2.35. The number of ether oxygens (including phenoxy) is 1. The van der Waals surface area contributed by atoms with Crippen molar-refractivity contribution in [2.75, 3.05) is 27.2 Å². The van der Waals surface area contributed by atoms with Crippen LogP contribution in [0.2, 0.25) is 0 Å². The van der Waals surface area contributed by atoms with Crippen molar-refractivity contribution >= 4 is 15.9 Å². The van der Waals surface area contributed by atoms with Crippen LogP contribution in [0.3, 0.4) is 0 Å². The number of likely N-dealkylation sites (N-methyl/N-ethyl adjacent to an activating group) is 1. The number of likely N-dealkylation sites (tertiary alicyclic amines) is 1. The van der Waals surface area contributed by atoms with E-state index >= 15 is 0 Å². The topological polar surface area (TPSA) is 87.1 Å². The van der Waals surface area contributed by atoms with Crippen molar-refractivity contribution in [3.63, 3.8) is 0 Å². The molecular formula is C21H32N2O5S. The van der Waals surface area contributed by atoms with E-state index in [1.54, 1.807) is 11.0 Å². The smallest absolute Gasteiger partial charge is 0.257 e. The molecule has 2 fully saturated rings. The van der Waals surface area contributed by atoms with E-state index in [4.69, 9.17) is 4.74 Å². The zero-order chi connectivity index (χ0) is 21.0. The van der Waals surface area contributed by atoms with Gasteiger partial charge in [0.15, 0.2) is 0 Å². The fourth-order valence-corrected chi connectivity index (χ4v) is 5.76. The highest BCUT2D eigenvalue weighted by atomic mass is 32.2. The van der Waals surface area contributed by atoms with Crippen molar-refractivity contribution in [1.82, 2.24) is 9.21 Å². The molecule has 162 valence electrons. The van der Waals surface area contributed by atoms with Crippen LogP contribution in [0, 0.1) is 0 Å². The number of aliphatic hydroxyl groups is 1. The summed E-state index contributed by atoms with van der Waals surface area (Å²) in [5.74, 6) is 0.180. The van der Waals surface area contributed by atoms with Gasteiger partial charge < -0.3 is 14.7 Å². The van der Waals surface area contributed by atoms with Gasteiger partial charge in [0.25, 0.3) is 5.91 Å². The summed E-state index contributed by atoms with van der Waals surface area (Å²) >= 11 is 0. The normalized spacial score (nSPS) is 23.7. The molecule has 1 saturated carbocycles. The second-order valence-corrected chi connectivity index (χ2v) is 10.0. The molecule has 1 aliphatic carbocycles. The molecule has 1 amide bonds. The van der Waals surface area contributed by atoms with E-state index in [-0.39, 0.29) is 16.4 Å². The van der Waals surface area contributed by atoms with Gasteiger partial charge in [-0.1, -0.05) is 25.7 Å². The van der Waals surface area contributed by atoms with E-state index in [1.807, 2.05) is 0 Å². The Bertz CT molecular complexity index is 818. The molecule has 3 rings (SSSR count). The molecule has 0 aromatic heterocycles. The Morgan fingerprint density at radius 2 is 1.76 bits per heavy atom. The van der Waals surface area contributed by atoms with Gasteiger partial charge in [-0.05, 0) is 43.9 Å². The van der Waals surface area contributed by atoms with E-state index in [2.05, 4.69) is 0 Å². The fourth-order valence-electron chi connectivity index (χ4n) is 4.32. The Hall–Kier alpha value is -1.64. The number of benzene rings is 1. The predicted octanol–water partition coefficient (Wildman–Crippen LogP) is 2.64. The highest BCUT2D eigenvalue weighted by molar-refractivity contribution is 7.89. The van der Waals surface area contributed by atoms with Crippen LogP contribution in [0.15, 0.2) is 23.1 Å². The van der Waals surface area contributed by atoms with E-state index in [1.165, 1.54) is 30.6 Å². The van der Waals surface area contributed by atoms with Crippen LogP contribution in [0.5, 0.6) is 5.75 Å². The molecule has 1 aromatic rings.